The predicted octanol–water partition coefficient (Wildman–Crippen LogP) is 5.41. The maximum Gasteiger partial charge on any atom is 0.242 e. The van der Waals surface area contributed by atoms with Crippen molar-refractivity contribution in [1.82, 2.24) is 4.31 Å². The van der Waals surface area contributed by atoms with Crippen molar-refractivity contribution in [3.8, 4) is 0 Å². The summed E-state index contributed by atoms with van der Waals surface area (Å²) in [5.74, 6) is 0.752. The molecule has 0 aromatic heterocycles. The SMILES string of the molecule is Br.CCC1(c2cc(S(=O)(=O)N(C)C)ccc2Br)CSC(Nc2ccccc2C)=N1. The molecule has 2 aromatic carbocycles. The molecule has 1 heterocycles. The second-order valence-electron chi connectivity index (χ2n) is 6.96. The van der Waals surface area contributed by atoms with E-state index in [9.17, 15) is 8.42 Å². The Morgan fingerprint density at radius 3 is 2.55 bits per heavy atom. The number of anilines is 1. The van der Waals surface area contributed by atoms with E-state index in [0.29, 0.717) is 0 Å². The first kappa shape index (κ1) is 24.4. The summed E-state index contributed by atoms with van der Waals surface area (Å²) in [4.78, 5) is 5.29. The average molecular weight is 563 g/mol. The van der Waals surface area contributed by atoms with Crippen LogP contribution in [0.3, 0.4) is 0 Å². The lowest BCUT2D eigenvalue weighted by molar-refractivity contribution is 0.492. The lowest BCUT2D eigenvalue weighted by atomic mass is 9.90. The van der Waals surface area contributed by atoms with E-state index in [1.54, 1.807) is 44.1 Å². The first-order valence-electron chi connectivity index (χ1n) is 8.97. The highest BCUT2D eigenvalue weighted by Crippen LogP contribution is 2.43. The summed E-state index contributed by atoms with van der Waals surface area (Å²) in [6, 6.07) is 13.3. The Morgan fingerprint density at radius 2 is 1.93 bits per heavy atom. The Morgan fingerprint density at radius 1 is 1.24 bits per heavy atom. The number of aryl methyl sites for hydroxylation is 1. The minimum absolute atomic E-state index is 0. The van der Waals surface area contributed by atoms with E-state index >= 15 is 0 Å². The van der Waals surface area contributed by atoms with Crippen LogP contribution >= 0.6 is 44.7 Å². The zero-order chi connectivity index (χ0) is 20.5. The highest BCUT2D eigenvalue weighted by Gasteiger charge is 2.38. The van der Waals surface area contributed by atoms with Crippen LogP contribution in [0.5, 0.6) is 0 Å². The van der Waals surface area contributed by atoms with Crippen LogP contribution < -0.4 is 5.32 Å². The normalized spacial score (nSPS) is 19.0. The lowest BCUT2D eigenvalue weighted by Gasteiger charge is -2.26. The number of hydrogen-bond acceptors (Lipinski definition) is 5. The van der Waals surface area contributed by atoms with Crippen LogP contribution in [-0.2, 0) is 15.6 Å². The van der Waals surface area contributed by atoms with E-state index in [4.69, 9.17) is 4.99 Å². The molecule has 0 radical (unpaired) electrons. The first-order valence-corrected chi connectivity index (χ1v) is 12.2. The van der Waals surface area contributed by atoms with Gasteiger partial charge in [0.1, 0.15) is 0 Å². The fourth-order valence-electron chi connectivity index (χ4n) is 3.08. The zero-order valence-electron chi connectivity index (χ0n) is 16.8. The number of amidine groups is 1. The van der Waals surface area contributed by atoms with E-state index in [1.807, 2.05) is 18.2 Å². The smallest absolute Gasteiger partial charge is 0.242 e. The minimum Gasteiger partial charge on any atom is -0.335 e. The molecule has 0 saturated heterocycles. The van der Waals surface area contributed by atoms with E-state index in [2.05, 4.69) is 41.2 Å². The average Bonchev–Trinajstić information content (AvgIpc) is 3.08. The van der Waals surface area contributed by atoms with Crippen LogP contribution in [0.25, 0.3) is 0 Å². The molecule has 0 fully saturated rings. The second kappa shape index (κ2) is 9.51. The molecular weight excluding hydrogens is 538 g/mol. The number of sulfonamides is 1. The van der Waals surface area contributed by atoms with Crippen LogP contribution in [0.1, 0.15) is 24.5 Å². The van der Waals surface area contributed by atoms with E-state index in [0.717, 1.165) is 38.6 Å². The van der Waals surface area contributed by atoms with E-state index < -0.39 is 15.6 Å². The van der Waals surface area contributed by atoms with Gasteiger partial charge in [-0.1, -0.05) is 52.8 Å². The molecule has 5 nitrogen and oxygen atoms in total. The molecule has 0 saturated carbocycles. The fourth-order valence-corrected chi connectivity index (χ4v) is 5.85. The number of nitrogens with zero attached hydrogens (tertiary/aromatic N) is 2. The van der Waals surface area contributed by atoms with Crippen molar-refractivity contribution in [1.29, 1.82) is 0 Å². The number of rotatable bonds is 5. The Hall–Kier alpha value is -0.870. The Labute approximate surface area is 196 Å². The maximum atomic E-state index is 12.6. The van der Waals surface area contributed by atoms with Crippen molar-refractivity contribution in [3.05, 3.63) is 58.1 Å². The maximum absolute atomic E-state index is 12.6. The number of aliphatic imine (C=N–C) groups is 1. The van der Waals surface area contributed by atoms with Gasteiger partial charge >= 0.3 is 0 Å². The molecule has 29 heavy (non-hydrogen) atoms. The fraction of sp³-hybridized carbons (Fsp3) is 0.350. The Kier molecular flexibility index (Phi) is 8.00. The summed E-state index contributed by atoms with van der Waals surface area (Å²) in [5, 5.41) is 4.27. The Balaban J connectivity index is 0.00000300. The summed E-state index contributed by atoms with van der Waals surface area (Å²) >= 11 is 5.27. The molecule has 1 N–H and O–H groups in total. The van der Waals surface area contributed by atoms with Gasteiger partial charge in [0.2, 0.25) is 10.0 Å². The molecule has 0 aliphatic carbocycles. The Bertz CT molecular complexity index is 1030. The van der Waals surface area contributed by atoms with E-state index in [1.165, 1.54) is 4.31 Å². The van der Waals surface area contributed by atoms with Crippen LogP contribution in [0.2, 0.25) is 0 Å². The third kappa shape index (κ3) is 4.90. The third-order valence-electron chi connectivity index (χ3n) is 4.95. The van der Waals surface area contributed by atoms with Gasteiger partial charge in [-0.25, -0.2) is 17.7 Å². The van der Waals surface area contributed by atoms with Crippen LogP contribution in [-0.4, -0.2) is 37.7 Å². The molecule has 1 unspecified atom stereocenters. The summed E-state index contributed by atoms with van der Waals surface area (Å²) in [7, 11) is -0.423. The molecule has 2 aromatic rings. The van der Waals surface area contributed by atoms with Gasteiger partial charge in [0.25, 0.3) is 0 Å². The van der Waals surface area contributed by atoms with Crippen LogP contribution in [0.15, 0.2) is 56.8 Å². The van der Waals surface area contributed by atoms with Crippen molar-refractivity contribution in [2.24, 2.45) is 4.99 Å². The van der Waals surface area contributed by atoms with Gasteiger partial charge in [-0.15, -0.1) is 17.0 Å². The topological polar surface area (TPSA) is 61.8 Å². The van der Waals surface area contributed by atoms with E-state index in [-0.39, 0.29) is 21.9 Å². The highest BCUT2D eigenvalue weighted by atomic mass is 79.9. The number of thioether (sulfide) groups is 1. The number of halogens is 2. The van der Waals surface area contributed by atoms with Gasteiger partial charge in [0.15, 0.2) is 5.17 Å². The van der Waals surface area contributed by atoms with Gasteiger partial charge in [-0.05, 0) is 48.7 Å². The number of para-hydroxylation sites is 1. The second-order valence-corrected chi connectivity index (χ2v) is 10.9. The predicted molar refractivity (Wildman–Crippen MR) is 132 cm³/mol. The number of benzene rings is 2. The molecule has 0 bridgehead atoms. The molecule has 1 aliphatic heterocycles. The summed E-state index contributed by atoms with van der Waals surface area (Å²) in [6.07, 6.45) is 0.767. The standard InChI is InChI=1S/C20H24BrN3O2S2.BrH/c1-5-20(13-27-19(23-20)22-18-9-7-6-8-14(18)2)16-12-15(10-11-17(16)21)28(25,26)24(3)4;/h6-12H,5,13H2,1-4H3,(H,22,23);1H. The molecule has 9 heteroatoms. The molecule has 3 rings (SSSR count). The van der Waals surface area contributed by atoms with Gasteiger partial charge in [-0.3, -0.25) is 0 Å². The van der Waals surface area contributed by atoms with Gasteiger partial charge in [0, 0.05) is 30.0 Å². The minimum atomic E-state index is -3.51. The molecule has 0 amide bonds. The molecule has 0 spiro atoms. The zero-order valence-corrected chi connectivity index (χ0v) is 21.7. The van der Waals surface area contributed by atoms with Crippen LogP contribution in [0, 0.1) is 6.92 Å². The van der Waals surface area contributed by atoms with Gasteiger partial charge in [-0.2, -0.15) is 0 Å². The monoisotopic (exact) mass is 561 g/mol. The van der Waals surface area contributed by atoms with Crippen molar-refractivity contribution in [2.45, 2.75) is 30.7 Å². The lowest BCUT2D eigenvalue weighted by Crippen LogP contribution is -2.26. The number of nitrogens with one attached hydrogen (secondary N) is 1. The first-order chi connectivity index (χ1) is 13.2. The molecule has 1 atom stereocenters. The summed E-state index contributed by atoms with van der Waals surface area (Å²) in [6.45, 7) is 4.14. The van der Waals surface area contributed by atoms with Crippen molar-refractivity contribution in [3.63, 3.8) is 0 Å². The highest BCUT2D eigenvalue weighted by molar-refractivity contribution is 9.10. The van der Waals surface area contributed by atoms with Crippen molar-refractivity contribution in [2.75, 3.05) is 25.2 Å². The number of hydrogen-bond donors (Lipinski definition) is 1. The van der Waals surface area contributed by atoms with Gasteiger partial charge in [0.05, 0.1) is 10.4 Å². The molecule has 1 aliphatic rings. The van der Waals surface area contributed by atoms with Crippen molar-refractivity contribution >= 4 is 65.6 Å². The summed E-state index contributed by atoms with van der Waals surface area (Å²) < 4.78 is 27.3. The molecule has 158 valence electrons. The summed E-state index contributed by atoms with van der Waals surface area (Å²) in [5.41, 5.74) is 2.60. The van der Waals surface area contributed by atoms with Crippen molar-refractivity contribution < 1.29 is 8.42 Å². The third-order valence-corrected chi connectivity index (χ3v) is 8.54. The van der Waals surface area contributed by atoms with Crippen LogP contribution in [0.4, 0.5) is 5.69 Å². The quantitative estimate of drug-likeness (QED) is 0.529. The largest absolute Gasteiger partial charge is 0.335 e. The van der Waals surface area contributed by atoms with Gasteiger partial charge < -0.3 is 5.32 Å². The molecular formula is C20H25Br2N3O2S2.